The first-order valence-corrected chi connectivity index (χ1v) is 15.5. The van der Waals surface area contributed by atoms with Gasteiger partial charge in [-0.3, -0.25) is 9.59 Å². The van der Waals surface area contributed by atoms with Crippen LogP contribution in [0.15, 0.2) is 94.7 Å². The molecule has 0 aliphatic heterocycles. The van der Waals surface area contributed by atoms with E-state index in [1.165, 1.54) is 14.2 Å². The van der Waals surface area contributed by atoms with E-state index in [0.29, 0.717) is 58.6 Å². The first kappa shape index (κ1) is 31.9. The van der Waals surface area contributed by atoms with Crippen molar-refractivity contribution in [2.24, 2.45) is 0 Å². The van der Waals surface area contributed by atoms with Crippen molar-refractivity contribution in [1.82, 2.24) is 10.6 Å². The fourth-order valence-electron chi connectivity index (χ4n) is 4.35. The van der Waals surface area contributed by atoms with Crippen LogP contribution < -0.4 is 20.1 Å². The number of benzene rings is 4. The van der Waals surface area contributed by atoms with E-state index in [0.717, 1.165) is 11.1 Å². The molecule has 11 heteroatoms. The van der Waals surface area contributed by atoms with Gasteiger partial charge in [-0.05, 0) is 84.6 Å². The molecule has 0 unspecified atom stereocenters. The fraction of sp³-hybridized carbons (Fsp3) is 0.188. The van der Waals surface area contributed by atoms with E-state index in [-0.39, 0.29) is 21.6 Å². The van der Waals surface area contributed by atoms with E-state index in [1.807, 2.05) is 0 Å². The van der Waals surface area contributed by atoms with Gasteiger partial charge in [0.15, 0.2) is 0 Å². The van der Waals surface area contributed by atoms with Crippen LogP contribution in [-0.4, -0.2) is 47.5 Å². The van der Waals surface area contributed by atoms with Crippen molar-refractivity contribution in [3.8, 4) is 11.5 Å². The number of carbonyl (C=O) groups is 2. The number of hydrogen-bond donors (Lipinski definition) is 2. The van der Waals surface area contributed by atoms with Crippen LogP contribution in [-0.2, 0) is 22.7 Å². The maximum absolute atomic E-state index is 13.2. The van der Waals surface area contributed by atoms with Crippen LogP contribution in [0.25, 0.3) is 0 Å². The lowest BCUT2D eigenvalue weighted by atomic mass is 10.1. The van der Waals surface area contributed by atoms with Gasteiger partial charge in [0.1, 0.15) is 11.5 Å². The number of methoxy groups -OCH3 is 2. The molecule has 8 nitrogen and oxygen atoms in total. The van der Waals surface area contributed by atoms with Gasteiger partial charge in [-0.15, -0.1) is 0 Å². The van der Waals surface area contributed by atoms with Crippen LogP contribution in [0.4, 0.5) is 0 Å². The predicted octanol–water partition coefficient (Wildman–Crippen LogP) is 5.79. The minimum absolute atomic E-state index is 0.166. The van der Waals surface area contributed by atoms with Crippen molar-refractivity contribution in [2.75, 3.05) is 27.3 Å². The Morgan fingerprint density at radius 1 is 0.628 bits per heavy atom. The normalized spacial score (nSPS) is 11.1. The highest BCUT2D eigenvalue weighted by Gasteiger charge is 2.18. The second-order valence-electron chi connectivity index (χ2n) is 9.49. The van der Waals surface area contributed by atoms with Crippen molar-refractivity contribution in [3.63, 3.8) is 0 Å². The minimum atomic E-state index is -3.73. The summed E-state index contributed by atoms with van der Waals surface area (Å²) < 4.78 is 36.8. The smallest absolute Gasteiger partial charge is 0.255 e. The molecule has 0 atom stereocenters. The predicted molar refractivity (Wildman–Crippen MR) is 166 cm³/mol. The summed E-state index contributed by atoms with van der Waals surface area (Å²) >= 11 is 12.0. The van der Waals surface area contributed by atoms with Crippen molar-refractivity contribution in [3.05, 3.63) is 117 Å². The SMILES string of the molecule is COc1ccc(Cl)cc1C(=O)NCCc1ccc(S(=O)(=O)c2ccc(CCNC(=O)c3cc(Cl)ccc3OC)cc2)cc1. The second kappa shape index (κ2) is 14.4. The first-order valence-electron chi connectivity index (χ1n) is 13.3. The average Bonchev–Trinajstić information content (AvgIpc) is 3.01. The molecule has 0 saturated heterocycles. The van der Waals surface area contributed by atoms with E-state index in [4.69, 9.17) is 32.7 Å². The van der Waals surface area contributed by atoms with Gasteiger partial charge >= 0.3 is 0 Å². The van der Waals surface area contributed by atoms with Gasteiger partial charge in [0.05, 0.1) is 35.1 Å². The van der Waals surface area contributed by atoms with E-state index >= 15 is 0 Å². The highest BCUT2D eigenvalue weighted by atomic mass is 35.5. The summed E-state index contributed by atoms with van der Waals surface area (Å²) in [6, 6.07) is 22.8. The van der Waals surface area contributed by atoms with Crippen LogP contribution in [0.5, 0.6) is 11.5 Å². The summed E-state index contributed by atoms with van der Waals surface area (Å²) in [7, 11) is -0.768. The van der Waals surface area contributed by atoms with Gasteiger partial charge in [-0.1, -0.05) is 47.5 Å². The molecule has 0 radical (unpaired) electrons. The highest BCUT2D eigenvalue weighted by Crippen LogP contribution is 2.24. The van der Waals surface area contributed by atoms with Crippen molar-refractivity contribution >= 4 is 44.9 Å². The number of amides is 2. The summed E-state index contributed by atoms with van der Waals surface area (Å²) in [5.41, 5.74) is 2.41. The zero-order valence-electron chi connectivity index (χ0n) is 23.5. The maximum atomic E-state index is 13.2. The Morgan fingerprint density at radius 3 is 1.35 bits per heavy atom. The summed E-state index contributed by atoms with van der Waals surface area (Å²) in [4.78, 5) is 25.4. The van der Waals surface area contributed by atoms with Crippen molar-refractivity contribution in [1.29, 1.82) is 0 Å². The second-order valence-corrected chi connectivity index (χ2v) is 12.3. The van der Waals surface area contributed by atoms with Gasteiger partial charge in [-0.2, -0.15) is 0 Å². The maximum Gasteiger partial charge on any atom is 0.255 e. The quantitative estimate of drug-likeness (QED) is 0.203. The Labute approximate surface area is 260 Å². The molecule has 4 rings (SSSR count). The number of carbonyl (C=O) groups excluding carboxylic acids is 2. The number of hydrogen-bond acceptors (Lipinski definition) is 6. The number of ether oxygens (including phenoxy) is 2. The van der Waals surface area contributed by atoms with E-state index in [2.05, 4.69) is 10.6 Å². The molecule has 0 spiro atoms. The number of rotatable bonds is 12. The van der Waals surface area contributed by atoms with Crippen LogP contribution in [0, 0.1) is 0 Å². The molecule has 0 heterocycles. The summed E-state index contributed by atoms with van der Waals surface area (Å²) in [5, 5.41) is 6.52. The molecule has 0 aliphatic carbocycles. The van der Waals surface area contributed by atoms with Gasteiger partial charge in [0.2, 0.25) is 9.84 Å². The Kier molecular flexibility index (Phi) is 10.7. The number of nitrogens with one attached hydrogen (secondary N) is 2. The Bertz CT molecular complexity index is 1590. The van der Waals surface area contributed by atoms with Crippen LogP contribution >= 0.6 is 23.2 Å². The third kappa shape index (κ3) is 8.07. The third-order valence-electron chi connectivity index (χ3n) is 6.68. The molecule has 224 valence electrons. The van der Waals surface area contributed by atoms with E-state index < -0.39 is 9.84 Å². The molecule has 4 aromatic carbocycles. The highest BCUT2D eigenvalue weighted by molar-refractivity contribution is 7.91. The molecule has 2 N–H and O–H groups in total. The van der Waals surface area contributed by atoms with Gasteiger partial charge in [0, 0.05) is 23.1 Å². The molecule has 0 saturated carbocycles. The Balaban J connectivity index is 1.30. The summed E-state index contributed by atoms with van der Waals surface area (Å²) in [5.74, 6) is 0.216. The molecule has 0 bridgehead atoms. The average molecular weight is 642 g/mol. The lowest BCUT2D eigenvalue weighted by Crippen LogP contribution is -2.26. The minimum Gasteiger partial charge on any atom is -0.496 e. The zero-order valence-corrected chi connectivity index (χ0v) is 25.9. The zero-order chi connectivity index (χ0) is 31.0. The molecule has 0 aliphatic rings. The van der Waals surface area contributed by atoms with Crippen LogP contribution in [0.2, 0.25) is 10.0 Å². The van der Waals surface area contributed by atoms with Gasteiger partial charge < -0.3 is 20.1 Å². The summed E-state index contributed by atoms with van der Waals surface area (Å²) in [6.07, 6.45) is 1.01. The monoisotopic (exact) mass is 640 g/mol. The molecule has 0 fully saturated rings. The first-order chi connectivity index (χ1) is 20.6. The van der Waals surface area contributed by atoms with Crippen LogP contribution in [0.3, 0.4) is 0 Å². The largest absolute Gasteiger partial charge is 0.496 e. The fourth-order valence-corrected chi connectivity index (χ4v) is 5.96. The molecule has 2 amide bonds. The van der Waals surface area contributed by atoms with Crippen molar-refractivity contribution < 1.29 is 27.5 Å². The molecular formula is C32H30Cl2N2O6S. The summed E-state index contributed by atoms with van der Waals surface area (Å²) in [6.45, 7) is 0.685. The van der Waals surface area contributed by atoms with E-state index in [9.17, 15) is 18.0 Å². The molecule has 0 aromatic heterocycles. The Hall–Kier alpha value is -4.05. The Morgan fingerprint density at radius 2 is 1.00 bits per heavy atom. The van der Waals surface area contributed by atoms with Gasteiger partial charge in [0.25, 0.3) is 11.8 Å². The van der Waals surface area contributed by atoms with Crippen LogP contribution in [0.1, 0.15) is 31.8 Å². The molecular weight excluding hydrogens is 611 g/mol. The third-order valence-corrected chi connectivity index (χ3v) is 8.93. The number of sulfone groups is 1. The van der Waals surface area contributed by atoms with Crippen molar-refractivity contribution in [2.45, 2.75) is 22.6 Å². The van der Waals surface area contributed by atoms with E-state index in [1.54, 1.807) is 84.9 Å². The van der Waals surface area contributed by atoms with Gasteiger partial charge in [-0.25, -0.2) is 8.42 Å². The topological polar surface area (TPSA) is 111 Å². The lowest BCUT2D eigenvalue weighted by molar-refractivity contribution is 0.0942. The standard InChI is InChI=1S/C32H30Cl2N2O6S/c1-41-29-13-7-23(33)19-27(29)31(37)35-17-15-21-3-9-25(10-4-21)43(39,40)26-11-5-22(6-12-26)16-18-36-32(38)28-20-24(34)8-14-30(28)42-2/h3-14,19-20H,15-18H2,1-2H3,(H,35,37)(H,36,38). The lowest BCUT2D eigenvalue weighted by Gasteiger charge is -2.11. The molecule has 43 heavy (non-hydrogen) atoms. The molecule has 4 aromatic rings. The number of halogens is 2.